The number of unbranched alkanes of at least 4 members (excludes halogenated alkanes) is 1. The Kier molecular flexibility index (Phi) is 4.76. The van der Waals surface area contributed by atoms with Crippen LogP contribution >= 0.6 is 0 Å². The molecule has 0 aromatic heterocycles. The van der Waals surface area contributed by atoms with Crippen LogP contribution in [0.2, 0.25) is 0 Å². The van der Waals surface area contributed by atoms with Gasteiger partial charge in [0, 0.05) is 10.6 Å². The summed E-state index contributed by atoms with van der Waals surface area (Å²) in [6.07, 6.45) is 1.68. The third kappa shape index (κ3) is 3.55. The molecule has 78 valence electrons. The lowest BCUT2D eigenvalue weighted by molar-refractivity contribution is 0.622. The topological polar surface area (TPSA) is 43.1 Å². The van der Waals surface area contributed by atoms with Gasteiger partial charge >= 0.3 is 0 Å². The molecule has 2 N–H and O–H groups in total. The average Bonchev–Trinajstić information content (AvgIpc) is 2.18. The number of hydrogen-bond acceptors (Lipinski definition) is 2. The minimum Gasteiger partial charge on any atom is -0.330 e. The third-order valence-electron chi connectivity index (χ3n) is 1.84. The number of nitrogens with two attached hydrogens (primary N) is 1. The van der Waals surface area contributed by atoms with Crippen LogP contribution < -0.4 is 5.73 Å². The van der Waals surface area contributed by atoms with Crippen LogP contribution in [0, 0.1) is 5.82 Å². The highest BCUT2D eigenvalue weighted by atomic mass is 32.2. The van der Waals surface area contributed by atoms with Gasteiger partial charge in [0.2, 0.25) is 0 Å². The molecule has 0 fully saturated rings. The van der Waals surface area contributed by atoms with Gasteiger partial charge < -0.3 is 5.73 Å². The highest BCUT2D eigenvalue weighted by Crippen LogP contribution is 2.09. The van der Waals surface area contributed by atoms with Gasteiger partial charge in [0.1, 0.15) is 5.82 Å². The van der Waals surface area contributed by atoms with Crippen molar-refractivity contribution in [3.8, 4) is 0 Å². The molecule has 0 bridgehead atoms. The quantitative estimate of drug-likeness (QED) is 0.759. The van der Waals surface area contributed by atoms with Gasteiger partial charge in [-0.25, -0.2) is 4.39 Å². The van der Waals surface area contributed by atoms with E-state index >= 15 is 0 Å². The average molecular weight is 215 g/mol. The van der Waals surface area contributed by atoms with Crippen molar-refractivity contribution in [3.63, 3.8) is 0 Å². The molecule has 0 aliphatic heterocycles. The second-order valence-corrected chi connectivity index (χ2v) is 4.57. The van der Waals surface area contributed by atoms with Gasteiger partial charge in [0.15, 0.2) is 0 Å². The van der Waals surface area contributed by atoms with E-state index in [1.54, 1.807) is 12.1 Å². The highest BCUT2D eigenvalue weighted by molar-refractivity contribution is 7.85. The van der Waals surface area contributed by atoms with E-state index in [1.807, 2.05) is 0 Å². The van der Waals surface area contributed by atoms with Gasteiger partial charge in [0.05, 0.1) is 10.8 Å². The molecule has 0 saturated carbocycles. The van der Waals surface area contributed by atoms with Crippen molar-refractivity contribution in [1.82, 2.24) is 0 Å². The maximum Gasteiger partial charge on any atom is 0.124 e. The first-order valence-electron chi connectivity index (χ1n) is 4.58. The summed E-state index contributed by atoms with van der Waals surface area (Å²) in [4.78, 5) is 0.557. The SMILES string of the molecule is NCCCCS(=O)c1cccc(F)c1. The van der Waals surface area contributed by atoms with Gasteiger partial charge in [-0.15, -0.1) is 0 Å². The van der Waals surface area contributed by atoms with Crippen molar-refractivity contribution in [2.24, 2.45) is 5.73 Å². The van der Waals surface area contributed by atoms with Crippen LogP contribution in [0.1, 0.15) is 12.8 Å². The van der Waals surface area contributed by atoms with Crippen molar-refractivity contribution in [2.45, 2.75) is 17.7 Å². The van der Waals surface area contributed by atoms with E-state index in [1.165, 1.54) is 12.1 Å². The van der Waals surface area contributed by atoms with Gasteiger partial charge in [-0.1, -0.05) is 6.07 Å². The lowest BCUT2D eigenvalue weighted by Gasteiger charge is -2.01. The number of hydrogen-bond donors (Lipinski definition) is 1. The summed E-state index contributed by atoms with van der Waals surface area (Å²) < 4.78 is 24.3. The molecule has 0 aliphatic carbocycles. The Morgan fingerprint density at radius 3 is 2.79 bits per heavy atom. The van der Waals surface area contributed by atoms with Crippen LogP contribution in [0.25, 0.3) is 0 Å². The van der Waals surface area contributed by atoms with Gasteiger partial charge in [0.25, 0.3) is 0 Å². The predicted octanol–water partition coefficient (Wildman–Crippen LogP) is 1.67. The van der Waals surface area contributed by atoms with Crippen LogP contribution in [0.3, 0.4) is 0 Å². The summed E-state index contributed by atoms with van der Waals surface area (Å²) in [5.41, 5.74) is 5.32. The zero-order valence-corrected chi connectivity index (χ0v) is 8.73. The second kappa shape index (κ2) is 5.88. The molecule has 0 saturated heterocycles. The van der Waals surface area contributed by atoms with Crippen LogP contribution in [-0.4, -0.2) is 16.5 Å². The molecule has 2 nitrogen and oxygen atoms in total. The van der Waals surface area contributed by atoms with Crippen molar-refractivity contribution in [3.05, 3.63) is 30.1 Å². The summed E-state index contributed by atoms with van der Waals surface area (Å²) in [5, 5.41) is 0. The minimum atomic E-state index is -1.09. The Hall–Kier alpha value is -0.740. The molecule has 0 heterocycles. The second-order valence-electron chi connectivity index (χ2n) is 3.00. The first-order chi connectivity index (χ1) is 6.74. The molecule has 14 heavy (non-hydrogen) atoms. The molecule has 1 unspecified atom stereocenters. The molecule has 0 amide bonds. The predicted molar refractivity (Wildman–Crippen MR) is 56.0 cm³/mol. The fraction of sp³-hybridized carbons (Fsp3) is 0.400. The highest BCUT2D eigenvalue weighted by Gasteiger charge is 2.03. The van der Waals surface area contributed by atoms with Gasteiger partial charge in [-0.3, -0.25) is 4.21 Å². The Labute approximate surface area is 85.8 Å². The standard InChI is InChI=1S/C10H14FNOS/c11-9-4-3-5-10(8-9)14(13)7-2-1-6-12/h3-5,8H,1-2,6-7,12H2. The van der Waals surface area contributed by atoms with Crippen LogP contribution in [0.15, 0.2) is 29.2 Å². The van der Waals surface area contributed by atoms with Crippen LogP contribution in [0.4, 0.5) is 4.39 Å². The van der Waals surface area contributed by atoms with Crippen molar-refractivity contribution in [2.75, 3.05) is 12.3 Å². The van der Waals surface area contributed by atoms with E-state index in [4.69, 9.17) is 5.73 Å². The lowest BCUT2D eigenvalue weighted by atomic mass is 10.3. The Morgan fingerprint density at radius 2 is 2.14 bits per heavy atom. The van der Waals surface area contributed by atoms with E-state index in [0.717, 1.165) is 12.8 Å². The summed E-state index contributed by atoms with van der Waals surface area (Å²) in [6.45, 7) is 0.611. The maximum atomic E-state index is 12.8. The molecule has 1 atom stereocenters. The minimum absolute atomic E-state index is 0.338. The summed E-state index contributed by atoms with van der Waals surface area (Å²) in [5.74, 6) is 0.218. The Balaban J connectivity index is 2.52. The lowest BCUT2D eigenvalue weighted by Crippen LogP contribution is -2.03. The first kappa shape index (κ1) is 11.3. The van der Waals surface area contributed by atoms with Gasteiger partial charge in [-0.2, -0.15) is 0 Å². The number of halogens is 1. The Bertz CT molecular complexity index is 317. The zero-order valence-electron chi connectivity index (χ0n) is 7.91. The largest absolute Gasteiger partial charge is 0.330 e. The fourth-order valence-corrected chi connectivity index (χ4v) is 2.28. The maximum absolute atomic E-state index is 12.8. The molecule has 0 aliphatic rings. The van der Waals surface area contributed by atoms with Crippen molar-refractivity contribution >= 4 is 10.8 Å². The monoisotopic (exact) mass is 215 g/mol. The molecule has 1 aromatic carbocycles. The molecule has 0 spiro atoms. The fourth-order valence-electron chi connectivity index (χ4n) is 1.10. The smallest absolute Gasteiger partial charge is 0.124 e. The van der Waals surface area contributed by atoms with E-state index in [-0.39, 0.29) is 5.82 Å². The molecule has 4 heteroatoms. The summed E-state index contributed by atoms with van der Waals surface area (Å²) in [7, 11) is -1.09. The molecular formula is C10H14FNOS. The summed E-state index contributed by atoms with van der Waals surface area (Å²) in [6, 6.07) is 5.92. The third-order valence-corrected chi connectivity index (χ3v) is 3.28. The van der Waals surface area contributed by atoms with E-state index in [0.29, 0.717) is 17.2 Å². The summed E-state index contributed by atoms with van der Waals surface area (Å²) >= 11 is 0. The van der Waals surface area contributed by atoms with Crippen molar-refractivity contribution in [1.29, 1.82) is 0 Å². The van der Waals surface area contributed by atoms with Crippen LogP contribution in [-0.2, 0) is 10.8 Å². The van der Waals surface area contributed by atoms with Crippen molar-refractivity contribution < 1.29 is 8.60 Å². The van der Waals surface area contributed by atoms with E-state index in [9.17, 15) is 8.60 Å². The normalized spacial score (nSPS) is 12.7. The van der Waals surface area contributed by atoms with E-state index < -0.39 is 10.8 Å². The first-order valence-corrected chi connectivity index (χ1v) is 5.90. The molecule has 1 aromatic rings. The molecule has 1 rings (SSSR count). The molecular weight excluding hydrogens is 201 g/mol. The zero-order chi connectivity index (χ0) is 10.4. The number of benzene rings is 1. The Morgan fingerprint density at radius 1 is 1.36 bits per heavy atom. The number of rotatable bonds is 5. The van der Waals surface area contributed by atoms with E-state index in [2.05, 4.69) is 0 Å². The molecule has 0 radical (unpaired) electrons. The van der Waals surface area contributed by atoms with Crippen LogP contribution in [0.5, 0.6) is 0 Å². The van der Waals surface area contributed by atoms with Gasteiger partial charge in [-0.05, 0) is 37.6 Å².